The van der Waals surface area contributed by atoms with Gasteiger partial charge in [-0.05, 0) is 19.8 Å². The van der Waals surface area contributed by atoms with Crippen molar-refractivity contribution < 1.29 is 14.3 Å². The lowest BCUT2D eigenvalue weighted by atomic mass is 10.2. The summed E-state index contributed by atoms with van der Waals surface area (Å²) in [7, 11) is 1.26. The van der Waals surface area contributed by atoms with Gasteiger partial charge in [0.05, 0.1) is 12.8 Å². The summed E-state index contributed by atoms with van der Waals surface area (Å²) in [4.78, 5) is 23.6. The Kier molecular flexibility index (Phi) is 4.26. The van der Waals surface area contributed by atoms with Gasteiger partial charge < -0.3 is 15.8 Å². The Balaban J connectivity index is 2.06. The first kappa shape index (κ1) is 14.4. The third-order valence-corrected chi connectivity index (χ3v) is 3.62. The van der Waals surface area contributed by atoms with E-state index in [1.807, 2.05) is 0 Å². The zero-order valence-corrected chi connectivity index (χ0v) is 11.8. The monoisotopic (exact) mass is 280 g/mol. The number of nitrogens with zero attached hydrogens (tertiary/aromatic N) is 2. The Hall–Kier alpha value is -2.05. The molecule has 0 aliphatic heterocycles. The van der Waals surface area contributed by atoms with E-state index in [0.717, 1.165) is 25.7 Å². The van der Waals surface area contributed by atoms with E-state index in [1.165, 1.54) is 18.0 Å². The molecule has 0 bridgehead atoms. The highest BCUT2D eigenvalue weighted by Crippen LogP contribution is 2.19. The number of hydrogen-bond acceptors (Lipinski definition) is 5. The highest BCUT2D eigenvalue weighted by molar-refractivity contribution is 5.92. The molecule has 1 aromatic rings. The van der Waals surface area contributed by atoms with Crippen LogP contribution < -0.4 is 11.1 Å². The molecule has 20 heavy (non-hydrogen) atoms. The first-order valence-electron chi connectivity index (χ1n) is 6.76. The topological polar surface area (TPSA) is 99.2 Å². The molecule has 1 heterocycles. The van der Waals surface area contributed by atoms with Crippen molar-refractivity contribution in [1.82, 2.24) is 15.1 Å². The molecule has 1 aliphatic carbocycles. The summed E-state index contributed by atoms with van der Waals surface area (Å²) < 4.78 is 5.98. The van der Waals surface area contributed by atoms with Crippen LogP contribution in [-0.2, 0) is 9.53 Å². The van der Waals surface area contributed by atoms with Crippen molar-refractivity contribution >= 4 is 17.6 Å². The molecule has 0 spiro atoms. The molecule has 1 aliphatic rings. The number of methoxy groups -OCH3 is 1. The smallest absolute Gasteiger partial charge is 0.360 e. The summed E-state index contributed by atoms with van der Waals surface area (Å²) in [5, 5.41) is 7.02. The summed E-state index contributed by atoms with van der Waals surface area (Å²) in [6.45, 7) is 1.72. The third-order valence-electron chi connectivity index (χ3n) is 3.62. The fraction of sp³-hybridized carbons (Fsp3) is 0.615. The average molecular weight is 280 g/mol. The highest BCUT2D eigenvalue weighted by atomic mass is 16.5. The minimum Gasteiger partial charge on any atom is -0.464 e. The largest absolute Gasteiger partial charge is 0.464 e. The summed E-state index contributed by atoms with van der Waals surface area (Å²) in [5.74, 6) is -0.722. The highest BCUT2D eigenvalue weighted by Gasteiger charge is 2.24. The molecule has 0 radical (unpaired) electrons. The second kappa shape index (κ2) is 5.94. The number of rotatable bonds is 4. The molecule has 1 aromatic heterocycles. The molecule has 3 N–H and O–H groups in total. The molecule has 1 amide bonds. The van der Waals surface area contributed by atoms with Crippen molar-refractivity contribution in [1.29, 1.82) is 0 Å². The normalized spacial score (nSPS) is 16.9. The number of carbonyl (C=O) groups excluding carboxylic acids is 2. The maximum Gasteiger partial charge on any atom is 0.360 e. The fourth-order valence-electron chi connectivity index (χ4n) is 2.37. The number of hydrogen-bond donors (Lipinski definition) is 2. The number of carbonyl (C=O) groups is 2. The number of esters is 1. The van der Waals surface area contributed by atoms with Crippen LogP contribution in [0.5, 0.6) is 0 Å². The van der Waals surface area contributed by atoms with Crippen molar-refractivity contribution in [3.63, 3.8) is 0 Å². The van der Waals surface area contributed by atoms with Crippen LogP contribution in [0.3, 0.4) is 0 Å². The van der Waals surface area contributed by atoms with E-state index in [9.17, 15) is 9.59 Å². The summed E-state index contributed by atoms with van der Waals surface area (Å²) in [6, 6.07) is -0.269. The lowest BCUT2D eigenvalue weighted by molar-refractivity contribution is -0.124. The molecule has 7 heteroatoms. The SMILES string of the molecule is COC(=O)c1nn(C(C)C(=O)NC2CCCC2)cc1N. The molecule has 7 nitrogen and oxygen atoms in total. The molecule has 1 saturated carbocycles. The van der Waals surface area contributed by atoms with Crippen LogP contribution >= 0.6 is 0 Å². The predicted octanol–water partition coefficient (Wildman–Crippen LogP) is 0.872. The molecule has 1 unspecified atom stereocenters. The van der Waals surface area contributed by atoms with E-state index in [2.05, 4.69) is 15.2 Å². The van der Waals surface area contributed by atoms with Crippen molar-refractivity contribution in [3.8, 4) is 0 Å². The number of nitrogen functional groups attached to an aromatic ring is 1. The van der Waals surface area contributed by atoms with Gasteiger partial charge in [0.15, 0.2) is 5.69 Å². The third kappa shape index (κ3) is 2.92. The van der Waals surface area contributed by atoms with Crippen LogP contribution in [0.25, 0.3) is 0 Å². The van der Waals surface area contributed by atoms with E-state index >= 15 is 0 Å². The molecule has 0 aromatic carbocycles. The second-order valence-corrected chi connectivity index (χ2v) is 5.07. The second-order valence-electron chi connectivity index (χ2n) is 5.07. The molecule has 2 rings (SSSR count). The van der Waals surface area contributed by atoms with Crippen LogP contribution in [0.4, 0.5) is 5.69 Å². The van der Waals surface area contributed by atoms with E-state index in [4.69, 9.17) is 5.73 Å². The molecule has 1 fully saturated rings. The standard InChI is InChI=1S/C13H20N4O3/c1-8(12(18)15-9-5-3-4-6-9)17-7-10(14)11(16-17)13(19)20-2/h7-9H,3-6,14H2,1-2H3,(H,15,18). The number of amides is 1. The maximum absolute atomic E-state index is 12.1. The van der Waals surface area contributed by atoms with Gasteiger partial charge >= 0.3 is 5.97 Å². The van der Waals surface area contributed by atoms with Gasteiger partial charge in [-0.25, -0.2) is 4.79 Å². The zero-order valence-electron chi connectivity index (χ0n) is 11.8. The van der Waals surface area contributed by atoms with Crippen LogP contribution in [0.2, 0.25) is 0 Å². The van der Waals surface area contributed by atoms with Gasteiger partial charge in [-0.15, -0.1) is 0 Å². The number of nitrogens with two attached hydrogens (primary N) is 1. The van der Waals surface area contributed by atoms with Gasteiger partial charge in [-0.2, -0.15) is 5.10 Å². The number of aromatic nitrogens is 2. The maximum atomic E-state index is 12.1. The first-order chi connectivity index (χ1) is 9.52. The Morgan fingerprint density at radius 1 is 1.50 bits per heavy atom. The van der Waals surface area contributed by atoms with Gasteiger partial charge in [0, 0.05) is 12.2 Å². The van der Waals surface area contributed by atoms with Crippen LogP contribution in [0.15, 0.2) is 6.20 Å². The Labute approximate surface area is 117 Å². The Morgan fingerprint density at radius 3 is 2.75 bits per heavy atom. The molecule has 0 saturated heterocycles. The van der Waals surface area contributed by atoms with E-state index in [1.54, 1.807) is 6.92 Å². The Morgan fingerprint density at radius 2 is 2.15 bits per heavy atom. The van der Waals surface area contributed by atoms with E-state index in [0.29, 0.717) is 0 Å². The number of ether oxygens (including phenoxy) is 1. The minimum absolute atomic E-state index is 0.0352. The number of anilines is 1. The molecular weight excluding hydrogens is 260 g/mol. The van der Waals surface area contributed by atoms with Crippen LogP contribution in [0.1, 0.15) is 49.1 Å². The average Bonchev–Trinajstić information content (AvgIpc) is 3.06. The van der Waals surface area contributed by atoms with E-state index in [-0.39, 0.29) is 23.3 Å². The van der Waals surface area contributed by atoms with Gasteiger partial charge in [0.2, 0.25) is 5.91 Å². The van der Waals surface area contributed by atoms with Crippen molar-refractivity contribution in [2.24, 2.45) is 0 Å². The van der Waals surface area contributed by atoms with Crippen molar-refractivity contribution in [3.05, 3.63) is 11.9 Å². The van der Waals surface area contributed by atoms with Gasteiger partial charge in [0.1, 0.15) is 6.04 Å². The molecule has 1 atom stereocenters. The lowest BCUT2D eigenvalue weighted by Crippen LogP contribution is -2.37. The summed E-state index contributed by atoms with van der Waals surface area (Å²) >= 11 is 0. The number of nitrogens with one attached hydrogen (secondary N) is 1. The van der Waals surface area contributed by atoms with Gasteiger partial charge in [-0.3, -0.25) is 9.48 Å². The predicted molar refractivity (Wildman–Crippen MR) is 73.1 cm³/mol. The van der Waals surface area contributed by atoms with Gasteiger partial charge in [-0.1, -0.05) is 12.8 Å². The van der Waals surface area contributed by atoms with Crippen LogP contribution in [-0.4, -0.2) is 34.8 Å². The van der Waals surface area contributed by atoms with Gasteiger partial charge in [0.25, 0.3) is 0 Å². The molecule has 110 valence electrons. The molecular formula is C13H20N4O3. The Bertz CT molecular complexity index is 506. The van der Waals surface area contributed by atoms with Crippen molar-refractivity contribution in [2.45, 2.75) is 44.7 Å². The quantitative estimate of drug-likeness (QED) is 0.797. The minimum atomic E-state index is -0.607. The summed E-state index contributed by atoms with van der Waals surface area (Å²) in [6.07, 6.45) is 5.83. The summed E-state index contributed by atoms with van der Waals surface area (Å²) in [5.41, 5.74) is 5.94. The van der Waals surface area contributed by atoms with E-state index < -0.39 is 12.0 Å². The zero-order chi connectivity index (χ0) is 14.7. The fourth-order valence-corrected chi connectivity index (χ4v) is 2.37. The van der Waals surface area contributed by atoms with Crippen molar-refractivity contribution in [2.75, 3.05) is 12.8 Å². The van der Waals surface area contributed by atoms with Crippen LogP contribution in [0, 0.1) is 0 Å². The first-order valence-corrected chi connectivity index (χ1v) is 6.76. The lowest BCUT2D eigenvalue weighted by Gasteiger charge is -2.16.